The first-order chi connectivity index (χ1) is 15.5. The molecule has 0 amide bonds. The van der Waals surface area contributed by atoms with Gasteiger partial charge in [0.1, 0.15) is 18.5 Å². The van der Waals surface area contributed by atoms with Crippen molar-refractivity contribution in [2.45, 2.75) is 31.3 Å². The molecule has 32 heavy (non-hydrogen) atoms. The summed E-state index contributed by atoms with van der Waals surface area (Å²) < 4.78 is 10.8. The average molecular weight is 476 g/mol. The summed E-state index contributed by atoms with van der Waals surface area (Å²) in [5.74, 6) is 0.876. The number of piperidine rings is 1. The van der Waals surface area contributed by atoms with Crippen LogP contribution in [0, 0.1) is 0 Å². The molecule has 0 aliphatic carbocycles. The van der Waals surface area contributed by atoms with Crippen LogP contribution in [0.15, 0.2) is 48.0 Å². The van der Waals surface area contributed by atoms with Crippen molar-refractivity contribution in [1.29, 1.82) is 0 Å². The molecule has 7 heteroatoms. The van der Waals surface area contributed by atoms with E-state index in [1.165, 1.54) is 5.56 Å². The first-order valence-electron chi connectivity index (χ1n) is 10.9. The largest absolute Gasteiger partial charge is 0.491 e. The lowest BCUT2D eigenvalue weighted by atomic mass is 9.89. The summed E-state index contributed by atoms with van der Waals surface area (Å²) >= 11 is 12.2. The number of rotatable bonds is 7. The number of cyclic esters (lactones) is 1. The molecule has 1 atom stereocenters. The van der Waals surface area contributed by atoms with Gasteiger partial charge in [0.25, 0.3) is 0 Å². The number of β-amino-alcohol motifs (C(OH)–C–C–N with tert-alkyl or cyclic N) is 1. The molecule has 0 bridgehead atoms. The fourth-order valence-corrected chi connectivity index (χ4v) is 4.54. The summed E-state index contributed by atoms with van der Waals surface area (Å²) in [6.07, 6.45) is 3.92. The van der Waals surface area contributed by atoms with Gasteiger partial charge in [-0.1, -0.05) is 41.4 Å². The number of halogens is 2. The van der Waals surface area contributed by atoms with Crippen LogP contribution in [-0.2, 0) is 9.53 Å². The van der Waals surface area contributed by atoms with Crippen LogP contribution in [0.2, 0.25) is 10.0 Å². The molecule has 170 valence electrons. The van der Waals surface area contributed by atoms with Crippen LogP contribution in [0.5, 0.6) is 5.75 Å². The van der Waals surface area contributed by atoms with Crippen LogP contribution >= 0.6 is 23.2 Å². The fourth-order valence-electron chi connectivity index (χ4n) is 4.23. The maximum absolute atomic E-state index is 11.6. The van der Waals surface area contributed by atoms with E-state index >= 15 is 0 Å². The first-order valence-corrected chi connectivity index (χ1v) is 11.7. The van der Waals surface area contributed by atoms with E-state index < -0.39 is 6.10 Å². The van der Waals surface area contributed by atoms with Crippen molar-refractivity contribution in [3.8, 4) is 5.75 Å². The van der Waals surface area contributed by atoms with E-state index in [0.29, 0.717) is 46.9 Å². The Balaban J connectivity index is 1.23. The molecule has 1 unspecified atom stereocenters. The van der Waals surface area contributed by atoms with Crippen molar-refractivity contribution in [3.63, 3.8) is 0 Å². The average Bonchev–Trinajstić information content (AvgIpc) is 3.19. The van der Waals surface area contributed by atoms with Crippen LogP contribution in [0.25, 0.3) is 6.08 Å². The number of carbonyl (C=O) groups excluding carboxylic acids is 1. The molecule has 2 heterocycles. The lowest BCUT2D eigenvalue weighted by Gasteiger charge is -2.33. The number of nitrogens with zero attached hydrogens (tertiary/aromatic N) is 1. The van der Waals surface area contributed by atoms with Crippen molar-refractivity contribution < 1.29 is 19.4 Å². The van der Waals surface area contributed by atoms with Crippen molar-refractivity contribution in [2.24, 2.45) is 0 Å². The second-order valence-corrected chi connectivity index (χ2v) is 9.16. The Morgan fingerprint density at radius 2 is 1.97 bits per heavy atom. The van der Waals surface area contributed by atoms with Gasteiger partial charge >= 0.3 is 5.97 Å². The predicted octanol–water partition coefficient (Wildman–Crippen LogP) is 4.94. The highest BCUT2D eigenvalue weighted by Gasteiger charge is 2.23. The molecule has 2 saturated heterocycles. The lowest BCUT2D eigenvalue weighted by Crippen LogP contribution is -2.40. The predicted molar refractivity (Wildman–Crippen MR) is 126 cm³/mol. The molecule has 0 radical (unpaired) electrons. The third kappa shape index (κ3) is 6.04. The summed E-state index contributed by atoms with van der Waals surface area (Å²) in [6, 6.07) is 13.4. The van der Waals surface area contributed by atoms with Gasteiger partial charge in [-0.2, -0.15) is 0 Å². The SMILES string of the molecule is O=C1OCCC1=Cc1cccc(OCC(O)CN2CCC(c3ccc(Cl)c(Cl)c3)CC2)c1. The van der Waals surface area contributed by atoms with E-state index in [0.717, 1.165) is 31.5 Å². The number of hydrogen-bond acceptors (Lipinski definition) is 5. The standard InChI is InChI=1S/C25H27Cl2NO4/c26-23-5-4-19(14-24(23)27)18-6-9-28(10-7-18)15-21(29)16-32-22-3-1-2-17(13-22)12-20-8-11-31-25(20)30/h1-5,12-14,18,21,29H,6-11,15-16H2. The summed E-state index contributed by atoms with van der Waals surface area (Å²) in [4.78, 5) is 13.9. The fraction of sp³-hybridized carbons (Fsp3) is 0.400. The minimum Gasteiger partial charge on any atom is -0.491 e. The summed E-state index contributed by atoms with van der Waals surface area (Å²) in [5, 5.41) is 11.7. The molecule has 1 N–H and O–H groups in total. The first kappa shape index (κ1) is 23.1. The van der Waals surface area contributed by atoms with Crippen LogP contribution < -0.4 is 4.74 Å². The van der Waals surface area contributed by atoms with E-state index in [2.05, 4.69) is 11.0 Å². The van der Waals surface area contributed by atoms with Crippen LogP contribution in [0.4, 0.5) is 0 Å². The summed E-state index contributed by atoms with van der Waals surface area (Å²) in [6.45, 7) is 3.07. The minimum atomic E-state index is -0.580. The molecule has 2 aromatic carbocycles. The zero-order valence-corrected chi connectivity index (χ0v) is 19.3. The Morgan fingerprint density at radius 3 is 2.69 bits per heavy atom. The molecule has 5 nitrogen and oxygen atoms in total. The Kier molecular flexibility index (Phi) is 7.74. The van der Waals surface area contributed by atoms with Gasteiger partial charge in [-0.05, 0) is 73.3 Å². The number of benzene rings is 2. The quantitative estimate of drug-likeness (QED) is 0.453. The van der Waals surface area contributed by atoms with Crippen LogP contribution in [0.3, 0.4) is 0 Å². The Bertz CT molecular complexity index is 986. The van der Waals surface area contributed by atoms with Gasteiger partial charge < -0.3 is 19.5 Å². The smallest absolute Gasteiger partial charge is 0.334 e. The number of aliphatic hydroxyl groups excluding tert-OH is 1. The zero-order chi connectivity index (χ0) is 22.5. The number of aliphatic hydroxyl groups is 1. The molecule has 2 fully saturated rings. The molecular weight excluding hydrogens is 449 g/mol. The number of hydrogen-bond donors (Lipinski definition) is 1. The monoisotopic (exact) mass is 475 g/mol. The minimum absolute atomic E-state index is 0.217. The topological polar surface area (TPSA) is 59.0 Å². The molecule has 2 aliphatic rings. The Morgan fingerprint density at radius 1 is 1.16 bits per heavy atom. The third-order valence-electron chi connectivity index (χ3n) is 5.98. The van der Waals surface area contributed by atoms with Crippen LogP contribution in [-0.4, -0.2) is 54.9 Å². The van der Waals surface area contributed by atoms with Gasteiger partial charge in [-0.15, -0.1) is 0 Å². The molecule has 2 aromatic rings. The van der Waals surface area contributed by atoms with E-state index in [9.17, 15) is 9.90 Å². The van der Waals surface area contributed by atoms with E-state index in [1.807, 2.05) is 42.5 Å². The van der Waals surface area contributed by atoms with Crippen molar-refractivity contribution in [1.82, 2.24) is 4.90 Å². The second-order valence-electron chi connectivity index (χ2n) is 8.34. The highest BCUT2D eigenvalue weighted by atomic mass is 35.5. The van der Waals surface area contributed by atoms with E-state index in [1.54, 1.807) is 0 Å². The normalized spacial score (nSPS) is 19.8. The number of esters is 1. The van der Waals surface area contributed by atoms with Crippen molar-refractivity contribution in [2.75, 3.05) is 32.8 Å². The summed E-state index contributed by atoms with van der Waals surface area (Å²) in [5.41, 5.74) is 2.78. The van der Waals surface area contributed by atoms with Gasteiger partial charge in [0.2, 0.25) is 0 Å². The maximum Gasteiger partial charge on any atom is 0.334 e. The Labute approximate surface area is 198 Å². The van der Waals surface area contributed by atoms with Gasteiger partial charge in [0.15, 0.2) is 0 Å². The zero-order valence-electron chi connectivity index (χ0n) is 17.8. The molecule has 0 spiro atoms. The molecular formula is C25H27Cl2NO4. The number of ether oxygens (including phenoxy) is 2. The third-order valence-corrected chi connectivity index (χ3v) is 6.72. The van der Waals surface area contributed by atoms with Gasteiger partial charge in [-0.3, -0.25) is 0 Å². The van der Waals surface area contributed by atoms with Gasteiger partial charge in [0, 0.05) is 18.5 Å². The van der Waals surface area contributed by atoms with E-state index in [-0.39, 0.29) is 12.6 Å². The molecule has 0 aromatic heterocycles. The number of carbonyl (C=O) groups is 1. The molecule has 4 rings (SSSR count). The molecule has 0 saturated carbocycles. The van der Waals surface area contributed by atoms with E-state index in [4.69, 9.17) is 32.7 Å². The van der Waals surface area contributed by atoms with Crippen molar-refractivity contribution in [3.05, 3.63) is 69.2 Å². The van der Waals surface area contributed by atoms with Gasteiger partial charge in [0.05, 0.1) is 16.7 Å². The highest BCUT2D eigenvalue weighted by molar-refractivity contribution is 6.42. The second kappa shape index (κ2) is 10.7. The number of likely N-dealkylation sites (tertiary alicyclic amines) is 1. The maximum atomic E-state index is 11.6. The van der Waals surface area contributed by atoms with Gasteiger partial charge in [-0.25, -0.2) is 4.79 Å². The highest BCUT2D eigenvalue weighted by Crippen LogP contribution is 2.32. The Hall–Kier alpha value is -2.05. The lowest BCUT2D eigenvalue weighted by molar-refractivity contribution is -0.134. The van der Waals surface area contributed by atoms with Crippen LogP contribution in [0.1, 0.15) is 36.3 Å². The van der Waals surface area contributed by atoms with Crippen molar-refractivity contribution >= 4 is 35.2 Å². The molecule has 2 aliphatic heterocycles. The summed E-state index contributed by atoms with van der Waals surface area (Å²) in [7, 11) is 0.